The molecule has 0 saturated carbocycles. The van der Waals surface area contributed by atoms with Gasteiger partial charge in [-0.1, -0.05) is 6.07 Å². The molecule has 0 unspecified atom stereocenters. The highest BCUT2D eigenvalue weighted by molar-refractivity contribution is 6.00. The lowest BCUT2D eigenvalue weighted by Gasteiger charge is -2.35. The van der Waals surface area contributed by atoms with E-state index >= 15 is 0 Å². The summed E-state index contributed by atoms with van der Waals surface area (Å²) < 4.78 is 23.7. The molecule has 1 aromatic heterocycles. The third kappa shape index (κ3) is 3.53. The largest absolute Gasteiger partial charge is 0.497 e. The number of ketones is 1. The van der Waals surface area contributed by atoms with Crippen molar-refractivity contribution in [2.45, 2.75) is 24.8 Å². The monoisotopic (exact) mass is 462 g/mol. The fourth-order valence-electron chi connectivity index (χ4n) is 4.83. The van der Waals surface area contributed by atoms with Crippen molar-refractivity contribution in [2.24, 2.45) is 0 Å². The molecule has 1 aliphatic heterocycles. The van der Waals surface area contributed by atoms with Crippen LogP contribution >= 0.6 is 0 Å². The van der Waals surface area contributed by atoms with Crippen LogP contribution in [0.3, 0.4) is 0 Å². The van der Waals surface area contributed by atoms with Crippen molar-refractivity contribution in [1.82, 2.24) is 14.8 Å². The third-order valence-corrected chi connectivity index (χ3v) is 6.47. The summed E-state index contributed by atoms with van der Waals surface area (Å²) in [4.78, 5) is 18.1. The maximum atomic E-state index is 13.7. The second kappa shape index (κ2) is 8.74. The van der Waals surface area contributed by atoms with Crippen LogP contribution in [0.2, 0.25) is 0 Å². The predicted molar refractivity (Wildman–Crippen MR) is 125 cm³/mol. The zero-order valence-corrected chi connectivity index (χ0v) is 19.5. The summed E-state index contributed by atoms with van der Waals surface area (Å²) in [6, 6.07) is 10.9. The highest BCUT2D eigenvalue weighted by atomic mass is 16.5. The first kappa shape index (κ1) is 21.8. The summed E-state index contributed by atoms with van der Waals surface area (Å²) in [5.41, 5.74) is 3.31. The molecule has 3 aromatic rings. The van der Waals surface area contributed by atoms with E-state index in [-0.39, 0.29) is 11.7 Å². The Bertz CT molecular complexity index is 1280. The topological polar surface area (TPSA) is 96.7 Å². The molecule has 1 N–H and O–H groups in total. The van der Waals surface area contributed by atoms with Gasteiger partial charge in [0, 0.05) is 23.3 Å². The Morgan fingerprint density at radius 1 is 0.912 bits per heavy atom. The van der Waals surface area contributed by atoms with Gasteiger partial charge in [-0.15, -0.1) is 0 Å². The summed E-state index contributed by atoms with van der Waals surface area (Å²) in [7, 11) is 6.43. The molecule has 1 aliphatic carbocycles. The van der Waals surface area contributed by atoms with Crippen LogP contribution in [0, 0.1) is 0 Å². The molecule has 5 rings (SSSR count). The molecule has 0 bridgehead atoms. The summed E-state index contributed by atoms with van der Waals surface area (Å²) in [5, 5.41) is 7.77. The minimum absolute atomic E-state index is 0.0131. The Hall–Kier alpha value is -4.01. The van der Waals surface area contributed by atoms with Crippen LogP contribution in [-0.2, 0) is 4.79 Å². The Morgan fingerprint density at radius 2 is 1.68 bits per heavy atom. The molecule has 0 fully saturated rings. The van der Waals surface area contributed by atoms with Gasteiger partial charge in [0.25, 0.3) is 0 Å². The standard InChI is InChI=1S/C25H26N4O5/c1-31-16-6-8-20(32-2)17(12-16)24-23-18(28-25-26-13-27-29(24)25)9-15(10-19(23)30)14-5-7-21(33-3)22(11-14)34-4/h5-8,11-13,15,24H,9-10H2,1-4H3,(H,26,27,28)/t15-,24-/m1/s1. The number of nitrogens with zero attached hydrogens (tertiary/aromatic N) is 3. The minimum atomic E-state index is -0.474. The molecule has 0 saturated heterocycles. The Balaban J connectivity index is 1.59. The van der Waals surface area contributed by atoms with E-state index in [2.05, 4.69) is 15.4 Å². The molecule has 0 radical (unpaired) electrons. The van der Waals surface area contributed by atoms with E-state index in [0.29, 0.717) is 47.4 Å². The second-order valence-corrected chi connectivity index (χ2v) is 8.20. The highest BCUT2D eigenvalue weighted by Crippen LogP contribution is 2.47. The number of benzene rings is 2. The molecule has 9 nitrogen and oxygen atoms in total. The van der Waals surface area contributed by atoms with Crippen molar-refractivity contribution in [1.29, 1.82) is 0 Å². The molecular formula is C25H26N4O5. The Labute approximate surface area is 197 Å². The van der Waals surface area contributed by atoms with Gasteiger partial charge >= 0.3 is 0 Å². The van der Waals surface area contributed by atoms with E-state index < -0.39 is 6.04 Å². The molecule has 2 aromatic carbocycles. The lowest BCUT2D eigenvalue weighted by Crippen LogP contribution is -2.33. The fourth-order valence-corrected chi connectivity index (χ4v) is 4.83. The van der Waals surface area contributed by atoms with E-state index in [1.165, 1.54) is 6.33 Å². The van der Waals surface area contributed by atoms with Crippen LogP contribution in [0.25, 0.3) is 0 Å². The van der Waals surface area contributed by atoms with Crippen molar-refractivity contribution in [2.75, 3.05) is 33.8 Å². The molecule has 34 heavy (non-hydrogen) atoms. The van der Waals surface area contributed by atoms with Gasteiger partial charge in [0.15, 0.2) is 17.3 Å². The molecular weight excluding hydrogens is 436 g/mol. The number of rotatable bonds is 6. The molecule has 2 heterocycles. The Morgan fingerprint density at radius 3 is 2.41 bits per heavy atom. The van der Waals surface area contributed by atoms with Crippen LogP contribution in [0.15, 0.2) is 54.0 Å². The highest BCUT2D eigenvalue weighted by Gasteiger charge is 2.40. The van der Waals surface area contributed by atoms with Crippen LogP contribution in [0.4, 0.5) is 5.95 Å². The van der Waals surface area contributed by atoms with E-state index in [1.54, 1.807) is 33.1 Å². The minimum Gasteiger partial charge on any atom is -0.497 e. The zero-order valence-electron chi connectivity index (χ0n) is 19.5. The maximum absolute atomic E-state index is 13.7. The van der Waals surface area contributed by atoms with Gasteiger partial charge < -0.3 is 24.3 Å². The zero-order chi connectivity index (χ0) is 23.8. The quantitative estimate of drug-likeness (QED) is 0.592. The number of Topliss-reactive ketones (excluding diaryl/α,β-unsaturated/α-hetero) is 1. The van der Waals surface area contributed by atoms with Crippen molar-refractivity contribution in [3.63, 3.8) is 0 Å². The van der Waals surface area contributed by atoms with E-state index in [1.807, 2.05) is 36.4 Å². The van der Waals surface area contributed by atoms with E-state index in [9.17, 15) is 4.79 Å². The lowest BCUT2D eigenvalue weighted by molar-refractivity contribution is -0.116. The Kier molecular flexibility index (Phi) is 5.61. The number of anilines is 1. The number of hydrogen-bond donors (Lipinski definition) is 1. The van der Waals surface area contributed by atoms with Crippen molar-refractivity contribution in [3.05, 3.63) is 65.1 Å². The second-order valence-electron chi connectivity index (χ2n) is 8.20. The van der Waals surface area contributed by atoms with Crippen LogP contribution in [0.5, 0.6) is 23.0 Å². The van der Waals surface area contributed by atoms with Gasteiger partial charge in [0.05, 0.1) is 28.4 Å². The number of aromatic nitrogens is 3. The molecule has 9 heteroatoms. The third-order valence-electron chi connectivity index (χ3n) is 6.47. The summed E-state index contributed by atoms with van der Waals surface area (Å²) in [6.07, 6.45) is 2.49. The number of carbonyl (C=O) groups excluding carboxylic acids is 1. The molecule has 0 spiro atoms. The number of fused-ring (bicyclic) bond motifs is 1. The SMILES string of the molecule is COc1ccc(OC)c([C@@H]2C3=C(C[C@@H](c4ccc(OC)c(OC)c4)CC3=O)Nc3ncnn32)c1. The van der Waals surface area contributed by atoms with Gasteiger partial charge in [-0.05, 0) is 48.2 Å². The first-order chi connectivity index (χ1) is 16.6. The first-order valence-corrected chi connectivity index (χ1v) is 10.9. The first-order valence-electron chi connectivity index (χ1n) is 10.9. The van der Waals surface area contributed by atoms with Crippen molar-refractivity contribution in [3.8, 4) is 23.0 Å². The average Bonchev–Trinajstić information content (AvgIpc) is 3.34. The molecule has 0 amide bonds. The van der Waals surface area contributed by atoms with E-state index in [4.69, 9.17) is 18.9 Å². The van der Waals surface area contributed by atoms with E-state index in [0.717, 1.165) is 16.8 Å². The smallest absolute Gasteiger partial charge is 0.226 e. The molecule has 2 aliphatic rings. The van der Waals surface area contributed by atoms with Crippen LogP contribution in [-0.4, -0.2) is 49.0 Å². The normalized spacial score (nSPS) is 19.1. The number of methoxy groups -OCH3 is 4. The number of ether oxygens (including phenoxy) is 4. The number of allylic oxidation sites excluding steroid dienone is 2. The van der Waals surface area contributed by atoms with Gasteiger partial charge in [-0.3, -0.25) is 4.79 Å². The number of nitrogens with one attached hydrogen (secondary N) is 1. The maximum Gasteiger partial charge on any atom is 0.226 e. The molecule has 2 atom stereocenters. The van der Waals surface area contributed by atoms with Gasteiger partial charge in [-0.25, -0.2) is 4.68 Å². The van der Waals surface area contributed by atoms with Gasteiger partial charge in [0.1, 0.15) is 23.9 Å². The summed E-state index contributed by atoms with van der Waals surface area (Å²) >= 11 is 0. The average molecular weight is 463 g/mol. The van der Waals surface area contributed by atoms with Gasteiger partial charge in [0.2, 0.25) is 5.95 Å². The fraction of sp³-hybridized carbons (Fsp3) is 0.320. The van der Waals surface area contributed by atoms with Crippen LogP contribution < -0.4 is 24.3 Å². The van der Waals surface area contributed by atoms with Gasteiger partial charge in [-0.2, -0.15) is 10.1 Å². The number of carbonyl (C=O) groups is 1. The summed E-state index contributed by atoms with van der Waals surface area (Å²) in [5.74, 6) is 3.23. The van der Waals surface area contributed by atoms with Crippen molar-refractivity contribution < 1.29 is 23.7 Å². The number of hydrogen-bond acceptors (Lipinski definition) is 8. The summed E-state index contributed by atoms with van der Waals surface area (Å²) in [6.45, 7) is 0. The van der Waals surface area contributed by atoms with Crippen LogP contribution in [0.1, 0.15) is 35.9 Å². The predicted octanol–water partition coefficient (Wildman–Crippen LogP) is 3.73. The lowest BCUT2D eigenvalue weighted by atomic mass is 9.77. The molecule has 176 valence electrons. The van der Waals surface area contributed by atoms with Crippen molar-refractivity contribution >= 4 is 11.7 Å².